The van der Waals surface area contributed by atoms with E-state index in [2.05, 4.69) is 9.46 Å². The number of hydrogen-bond acceptors (Lipinski definition) is 5. The molecule has 0 aromatic heterocycles. The van der Waals surface area contributed by atoms with E-state index in [9.17, 15) is 31.2 Å². The van der Waals surface area contributed by atoms with Crippen molar-refractivity contribution in [1.29, 1.82) is 0 Å². The molecule has 0 unspecified atom stereocenters. The number of benzene rings is 2. The van der Waals surface area contributed by atoms with Crippen LogP contribution in [0.5, 0.6) is 5.75 Å². The number of amides is 1. The molecule has 0 atom stereocenters. The molecule has 0 saturated heterocycles. The third kappa shape index (κ3) is 7.37. The molecule has 31 heavy (non-hydrogen) atoms. The Morgan fingerprint density at radius 3 is 2.26 bits per heavy atom. The summed E-state index contributed by atoms with van der Waals surface area (Å²) in [4.78, 5) is 24.7. The first-order chi connectivity index (χ1) is 14.4. The van der Waals surface area contributed by atoms with Crippen LogP contribution >= 0.6 is 0 Å². The average molecular weight is 458 g/mol. The Bertz CT molecular complexity index is 1040. The van der Waals surface area contributed by atoms with Gasteiger partial charge in [0, 0.05) is 37.7 Å². The highest BCUT2D eigenvalue weighted by Crippen LogP contribution is 2.27. The van der Waals surface area contributed by atoms with Crippen molar-refractivity contribution in [2.75, 3.05) is 13.6 Å². The smallest absolute Gasteiger partial charge is 0.405 e. The second-order valence-corrected chi connectivity index (χ2v) is 8.40. The summed E-state index contributed by atoms with van der Waals surface area (Å²) < 4.78 is 68.4. The monoisotopic (exact) mass is 458 g/mol. The molecule has 0 saturated carbocycles. The molecule has 0 heterocycles. The van der Waals surface area contributed by atoms with Gasteiger partial charge < -0.3 is 9.64 Å². The third-order valence-electron chi connectivity index (χ3n) is 4.23. The van der Waals surface area contributed by atoms with Crippen molar-refractivity contribution >= 4 is 21.7 Å². The molecule has 168 valence electrons. The third-order valence-corrected chi connectivity index (χ3v) is 5.71. The average Bonchev–Trinajstić information content (AvgIpc) is 2.68. The first-order valence-corrected chi connectivity index (χ1v) is 10.6. The van der Waals surface area contributed by atoms with Crippen LogP contribution in [0, 0.1) is 0 Å². The van der Waals surface area contributed by atoms with E-state index in [-0.39, 0.29) is 35.8 Å². The van der Waals surface area contributed by atoms with Crippen molar-refractivity contribution < 1.29 is 35.9 Å². The van der Waals surface area contributed by atoms with Crippen LogP contribution in [-0.4, -0.2) is 45.0 Å². The fraction of sp³-hybridized carbons (Fsp3) is 0.300. The number of ether oxygens (including phenoxy) is 1. The van der Waals surface area contributed by atoms with Crippen LogP contribution in [0.1, 0.15) is 29.3 Å². The van der Waals surface area contributed by atoms with Crippen molar-refractivity contribution in [3.63, 3.8) is 0 Å². The zero-order chi connectivity index (χ0) is 23.2. The topological polar surface area (TPSA) is 92.8 Å². The van der Waals surface area contributed by atoms with Crippen molar-refractivity contribution in [1.82, 2.24) is 9.62 Å². The first-order valence-electron chi connectivity index (χ1n) is 9.07. The molecule has 0 aliphatic rings. The number of sulfonamides is 1. The summed E-state index contributed by atoms with van der Waals surface area (Å²) in [6.07, 6.45) is -5.07. The number of para-hydroxylation sites is 1. The number of rotatable bonds is 9. The largest absolute Gasteiger partial charge is 0.573 e. The predicted octanol–water partition coefficient (Wildman–Crippen LogP) is 3.11. The Morgan fingerprint density at radius 2 is 1.68 bits per heavy atom. The van der Waals surface area contributed by atoms with Gasteiger partial charge in [-0.2, -0.15) is 0 Å². The van der Waals surface area contributed by atoms with E-state index in [1.807, 2.05) is 0 Å². The van der Waals surface area contributed by atoms with Crippen molar-refractivity contribution in [2.24, 2.45) is 0 Å². The SMILES string of the molecule is CC(=O)c1ccc(S(=O)(=O)NCCC(=O)N(C)Cc2ccccc2OC(F)(F)F)cc1. The second kappa shape index (κ2) is 9.92. The molecule has 7 nitrogen and oxygen atoms in total. The van der Waals surface area contributed by atoms with Crippen molar-refractivity contribution in [3.8, 4) is 5.75 Å². The second-order valence-electron chi connectivity index (χ2n) is 6.63. The number of hydrogen-bond donors (Lipinski definition) is 1. The van der Waals surface area contributed by atoms with Crippen LogP contribution in [0.3, 0.4) is 0 Å². The van der Waals surface area contributed by atoms with Gasteiger partial charge in [0.15, 0.2) is 5.78 Å². The summed E-state index contributed by atoms with van der Waals surface area (Å²) in [5.74, 6) is -1.09. The summed E-state index contributed by atoms with van der Waals surface area (Å²) in [7, 11) is -2.50. The van der Waals surface area contributed by atoms with Gasteiger partial charge in [0.05, 0.1) is 4.90 Å². The fourth-order valence-electron chi connectivity index (χ4n) is 2.64. The zero-order valence-electron chi connectivity index (χ0n) is 16.8. The lowest BCUT2D eigenvalue weighted by atomic mass is 10.2. The van der Waals surface area contributed by atoms with Gasteiger partial charge in [-0.05, 0) is 25.1 Å². The van der Waals surface area contributed by atoms with E-state index >= 15 is 0 Å². The summed E-state index contributed by atoms with van der Waals surface area (Å²) in [5, 5.41) is 0. The van der Waals surface area contributed by atoms with E-state index in [1.165, 1.54) is 61.3 Å². The molecule has 2 aromatic rings. The molecule has 11 heteroatoms. The number of halogens is 3. The highest BCUT2D eigenvalue weighted by molar-refractivity contribution is 7.89. The van der Waals surface area contributed by atoms with Crippen LogP contribution < -0.4 is 9.46 Å². The number of carbonyl (C=O) groups excluding carboxylic acids is 2. The van der Waals surface area contributed by atoms with Crippen LogP contribution in [0.25, 0.3) is 0 Å². The number of Topliss-reactive ketones (excluding diaryl/α,β-unsaturated/α-hetero) is 1. The molecule has 2 rings (SSSR count). The Labute approximate surface area is 177 Å². The van der Waals surface area contributed by atoms with Gasteiger partial charge in [-0.25, -0.2) is 13.1 Å². The molecule has 0 radical (unpaired) electrons. The lowest BCUT2D eigenvalue weighted by Crippen LogP contribution is -2.32. The maximum Gasteiger partial charge on any atom is 0.573 e. The number of alkyl halides is 3. The fourth-order valence-corrected chi connectivity index (χ4v) is 3.67. The molecule has 0 fully saturated rings. The van der Waals surface area contributed by atoms with E-state index in [1.54, 1.807) is 0 Å². The first kappa shape index (κ1) is 24.4. The Kier molecular flexibility index (Phi) is 7.80. The van der Waals surface area contributed by atoms with Crippen LogP contribution in [0.4, 0.5) is 13.2 Å². The predicted molar refractivity (Wildman–Crippen MR) is 106 cm³/mol. The molecular weight excluding hydrogens is 437 g/mol. The molecule has 0 bridgehead atoms. The standard InChI is InChI=1S/C20H21F3N2O5S/c1-14(26)15-7-9-17(10-8-15)31(28,29)24-12-11-19(27)25(2)13-16-5-3-4-6-18(16)30-20(21,22)23/h3-10,24H,11-13H2,1-2H3. The normalized spacial score (nSPS) is 11.8. The van der Waals surface area contributed by atoms with Crippen LogP contribution in [0.2, 0.25) is 0 Å². The van der Waals surface area contributed by atoms with E-state index in [0.717, 1.165) is 6.07 Å². The number of carbonyl (C=O) groups is 2. The Balaban J connectivity index is 1.93. The number of nitrogens with one attached hydrogen (secondary N) is 1. The summed E-state index contributed by atoms with van der Waals surface area (Å²) in [6, 6.07) is 10.8. The zero-order valence-corrected chi connectivity index (χ0v) is 17.6. The van der Waals surface area contributed by atoms with Gasteiger partial charge in [-0.15, -0.1) is 13.2 Å². The molecule has 2 aromatic carbocycles. The molecule has 0 spiro atoms. The van der Waals surface area contributed by atoms with E-state index in [0.29, 0.717) is 5.56 Å². The van der Waals surface area contributed by atoms with Crippen molar-refractivity contribution in [2.45, 2.75) is 31.1 Å². The van der Waals surface area contributed by atoms with Crippen molar-refractivity contribution in [3.05, 3.63) is 59.7 Å². The lowest BCUT2D eigenvalue weighted by Gasteiger charge is -2.20. The Hall–Kier alpha value is -2.92. The van der Waals surface area contributed by atoms with Gasteiger partial charge >= 0.3 is 6.36 Å². The minimum atomic E-state index is -4.86. The number of nitrogens with zero attached hydrogens (tertiary/aromatic N) is 1. The highest BCUT2D eigenvalue weighted by Gasteiger charge is 2.32. The summed E-state index contributed by atoms with van der Waals surface area (Å²) in [6.45, 7) is 1.00. The van der Waals surface area contributed by atoms with Gasteiger partial charge in [-0.3, -0.25) is 9.59 Å². The van der Waals surface area contributed by atoms with Gasteiger partial charge in [0.1, 0.15) is 5.75 Å². The molecular formula is C20H21F3N2O5S. The quantitative estimate of drug-likeness (QED) is 0.583. The summed E-state index contributed by atoms with van der Waals surface area (Å²) in [5.41, 5.74) is 0.521. The van der Waals surface area contributed by atoms with E-state index < -0.39 is 28.0 Å². The maximum absolute atomic E-state index is 12.5. The molecule has 1 amide bonds. The minimum Gasteiger partial charge on any atom is -0.405 e. The van der Waals surface area contributed by atoms with Gasteiger partial charge in [0.2, 0.25) is 15.9 Å². The van der Waals surface area contributed by atoms with Crippen LogP contribution in [-0.2, 0) is 21.4 Å². The van der Waals surface area contributed by atoms with Gasteiger partial charge in [-0.1, -0.05) is 30.3 Å². The Morgan fingerprint density at radius 1 is 1.06 bits per heavy atom. The number of ketones is 1. The van der Waals surface area contributed by atoms with E-state index in [4.69, 9.17) is 0 Å². The van der Waals surface area contributed by atoms with Crippen LogP contribution in [0.15, 0.2) is 53.4 Å². The minimum absolute atomic E-state index is 0.0588. The lowest BCUT2D eigenvalue weighted by molar-refractivity contribution is -0.275. The van der Waals surface area contributed by atoms with Gasteiger partial charge in [0.25, 0.3) is 0 Å². The molecule has 0 aliphatic heterocycles. The highest BCUT2D eigenvalue weighted by atomic mass is 32.2. The summed E-state index contributed by atoms with van der Waals surface area (Å²) >= 11 is 0. The molecule has 0 aliphatic carbocycles. The maximum atomic E-state index is 12.5. The molecule has 1 N–H and O–H groups in total.